The van der Waals surface area contributed by atoms with Crippen LogP contribution in [0.15, 0.2) is 0 Å². The zero-order chi connectivity index (χ0) is 12.0. The van der Waals surface area contributed by atoms with Crippen molar-refractivity contribution in [2.45, 2.75) is 45.1 Å². The normalized spacial score (nSPS) is 49.4. The minimum atomic E-state index is -0.00928. The first-order valence-electron chi connectivity index (χ1n) is 7.03. The first-order valence-corrected chi connectivity index (χ1v) is 7.03. The molecule has 0 aromatic heterocycles. The molecule has 1 saturated heterocycles. The molecule has 3 fully saturated rings. The second-order valence-electron chi connectivity index (χ2n) is 6.12. The molecule has 0 radical (unpaired) electrons. The Morgan fingerprint density at radius 1 is 1.35 bits per heavy atom. The number of esters is 1. The van der Waals surface area contributed by atoms with Crippen LogP contribution in [0.25, 0.3) is 0 Å². The number of carbonyl (C=O) groups excluding carboxylic acids is 1. The van der Waals surface area contributed by atoms with Gasteiger partial charge in [0.15, 0.2) is 0 Å². The Kier molecular flexibility index (Phi) is 2.89. The van der Waals surface area contributed by atoms with Crippen molar-refractivity contribution in [3.05, 3.63) is 0 Å². The Balaban J connectivity index is 1.88. The third-order valence-corrected chi connectivity index (χ3v) is 5.39. The first-order chi connectivity index (χ1) is 8.22. The van der Waals surface area contributed by atoms with Gasteiger partial charge in [0.2, 0.25) is 0 Å². The van der Waals surface area contributed by atoms with Crippen molar-refractivity contribution in [1.29, 1.82) is 0 Å². The quantitative estimate of drug-likeness (QED) is 0.711. The Labute approximate surface area is 103 Å². The number of cyclic esters (lactones) is 1. The molecule has 3 heteroatoms. The lowest BCUT2D eigenvalue weighted by molar-refractivity contribution is -0.144. The molecule has 0 aromatic rings. The van der Waals surface area contributed by atoms with Crippen LogP contribution in [0.2, 0.25) is 0 Å². The summed E-state index contributed by atoms with van der Waals surface area (Å²) in [5.41, 5.74) is 0. The van der Waals surface area contributed by atoms with E-state index in [0.717, 1.165) is 6.42 Å². The maximum Gasteiger partial charge on any atom is 0.309 e. The molecule has 96 valence electrons. The number of fused-ring (bicyclic) bond motifs is 2. The molecule has 2 saturated carbocycles. The SMILES string of the molecule is C[C@H]1OC(=O)[C@@H]2C[C@@H]3CCCCC3[C@H](CO)[C@H]12. The monoisotopic (exact) mass is 238 g/mol. The molecule has 3 aliphatic rings. The minimum Gasteiger partial charge on any atom is -0.462 e. The molecule has 6 atom stereocenters. The molecule has 3 rings (SSSR count). The number of ether oxygens (including phenoxy) is 1. The highest BCUT2D eigenvalue weighted by molar-refractivity contribution is 5.75. The second kappa shape index (κ2) is 4.27. The summed E-state index contributed by atoms with van der Waals surface area (Å²) in [6.07, 6.45) is 6.08. The Morgan fingerprint density at radius 2 is 2.12 bits per heavy atom. The number of hydrogen-bond donors (Lipinski definition) is 1. The minimum absolute atomic E-state index is 0.00697. The fourth-order valence-electron chi connectivity index (χ4n) is 4.69. The van der Waals surface area contributed by atoms with Gasteiger partial charge in [0, 0.05) is 12.5 Å². The predicted molar refractivity (Wildman–Crippen MR) is 63.2 cm³/mol. The summed E-state index contributed by atoms with van der Waals surface area (Å²) in [6.45, 7) is 2.22. The van der Waals surface area contributed by atoms with Gasteiger partial charge in [-0.15, -0.1) is 0 Å². The maximum absolute atomic E-state index is 11.9. The highest BCUT2D eigenvalue weighted by Crippen LogP contribution is 2.52. The lowest BCUT2D eigenvalue weighted by Crippen LogP contribution is -2.45. The third kappa shape index (κ3) is 1.70. The lowest BCUT2D eigenvalue weighted by atomic mass is 9.58. The van der Waals surface area contributed by atoms with Gasteiger partial charge in [-0.05, 0) is 37.5 Å². The highest BCUT2D eigenvalue weighted by atomic mass is 16.6. The van der Waals surface area contributed by atoms with Crippen LogP contribution >= 0.6 is 0 Å². The summed E-state index contributed by atoms with van der Waals surface area (Å²) in [4.78, 5) is 11.9. The molecule has 0 aromatic carbocycles. The molecular formula is C14H22O3. The van der Waals surface area contributed by atoms with Gasteiger partial charge in [-0.25, -0.2) is 0 Å². The van der Waals surface area contributed by atoms with Crippen LogP contribution in [0.3, 0.4) is 0 Å². The van der Waals surface area contributed by atoms with E-state index in [0.29, 0.717) is 17.8 Å². The van der Waals surface area contributed by atoms with Gasteiger partial charge < -0.3 is 9.84 Å². The fourth-order valence-corrected chi connectivity index (χ4v) is 4.69. The third-order valence-electron chi connectivity index (χ3n) is 5.39. The molecule has 0 amide bonds. The van der Waals surface area contributed by atoms with E-state index in [9.17, 15) is 9.90 Å². The van der Waals surface area contributed by atoms with Crippen molar-refractivity contribution in [2.75, 3.05) is 6.61 Å². The zero-order valence-electron chi connectivity index (χ0n) is 10.5. The van der Waals surface area contributed by atoms with Crippen LogP contribution in [-0.4, -0.2) is 23.8 Å². The average molecular weight is 238 g/mol. The van der Waals surface area contributed by atoms with Crippen molar-refractivity contribution in [3.63, 3.8) is 0 Å². The Hall–Kier alpha value is -0.570. The molecular weight excluding hydrogens is 216 g/mol. The van der Waals surface area contributed by atoms with E-state index in [1.807, 2.05) is 6.92 Å². The Bertz CT molecular complexity index is 315. The molecule has 1 N–H and O–H groups in total. The molecule has 3 nitrogen and oxygen atoms in total. The van der Waals surface area contributed by atoms with Crippen LogP contribution in [0, 0.1) is 29.6 Å². The van der Waals surface area contributed by atoms with Crippen LogP contribution < -0.4 is 0 Å². The van der Waals surface area contributed by atoms with Crippen molar-refractivity contribution < 1.29 is 14.6 Å². The largest absolute Gasteiger partial charge is 0.462 e. The first kappa shape index (κ1) is 11.5. The van der Waals surface area contributed by atoms with E-state index in [4.69, 9.17) is 4.74 Å². The molecule has 1 unspecified atom stereocenters. The fraction of sp³-hybridized carbons (Fsp3) is 0.929. The smallest absolute Gasteiger partial charge is 0.309 e. The molecule has 0 spiro atoms. The van der Waals surface area contributed by atoms with Gasteiger partial charge in [0.25, 0.3) is 0 Å². The molecule has 1 aliphatic heterocycles. The van der Waals surface area contributed by atoms with E-state index in [2.05, 4.69) is 0 Å². The van der Waals surface area contributed by atoms with Crippen molar-refractivity contribution in [2.24, 2.45) is 29.6 Å². The van der Waals surface area contributed by atoms with Gasteiger partial charge in [0.05, 0.1) is 5.92 Å². The Morgan fingerprint density at radius 3 is 2.88 bits per heavy atom. The standard InChI is InChI=1S/C14H22O3/c1-8-13-11(14(16)17-8)6-9-4-2-3-5-10(9)12(13)7-15/h8-13,15H,2-7H2,1H3/t8-,9+,10?,11-,12+,13-/m1/s1. The van der Waals surface area contributed by atoms with Gasteiger partial charge in [-0.2, -0.15) is 0 Å². The van der Waals surface area contributed by atoms with Gasteiger partial charge in [-0.1, -0.05) is 19.3 Å². The number of hydrogen-bond acceptors (Lipinski definition) is 3. The lowest BCUT2D eigenvalue weighted by Gasteiger charge is -2.46. The molecule has 17 heavy (non-hydrogen) atoms. The summed E-state index contributed by atoms with van der Waals surface area (Å²) < 4.78 is 5.40. The number of aliphatic hydroxyl groups excluding tert-OH is 1. The molecule has 1 heterocycles. The molecule has 2 aliphatic carbocycles. The van der Waals surface area contributed by atoms with Crippen molar-refractivity contribution in [3.8, 4) is 0 Å². The average Bonchev–Trinajstić information content (AvgIpc) is 2.62. The number of carbonyl (C=O) groups is 1. The van der Waals surface area contributed by atoms with E-state index < -0.39 is 0 Å². The highest BCUT2D eigenvalue weighted by Gasteiger charge is 2.54. The number of rotatable bonds is 1. The number of aliphatic hydroxyl groups is 1. The maximum atomic E-state index is 11.9. The van der Waals surface area contributed by atoms with E-state index in [1.165, 1.54) is 25.7 Å². The van der Waals surface area contributed by atoms with Crippen LogP contribution in [0.4, 0.5) is 0 Å². The van der Waals surface area contributed by atoms with Gasteiger partial charge in [-0.3, -0.25) is 4.79 Å². The predicted octanol–water partition coefficient (Wildman–Crippen LogP) is 1.98. The van der Waals surface area contributed by atoms with Crippen molar-refractivity contribution in [1.82, 2.24) is 0 Å². The summed E-state index contributed by atoms with van der Waals surface area (Å²) in [7, 11) is 0. The van der Waals surface area contributed by atoms with Crippen LogP contribution in [-0.2, 0) is 9.53 Å². The second-order valence-corrected chi connectivity index (χ2v) is 6.12. The summed E-state index contributed by atoms with van der Waals surface area (Å²) in [6, 6.07) is 0. The van der Waals surface area contributed by atoms with Gasteiger partial charge >= 0.3 is 5.97 Å². The van der Waals surface area contributed by atoms with Crippen molar-refractivity contribution >= 4 is 5.97 Å². The zero-order valence-corrected chi connectivity index (χ0v) is 10.5. The molecule has 0 bridgehead atoms. The van der Waals surface area contributed by atoms with Gasteiger partial charge in [0.1, 0.15) is 6.10 Å². The van der Waals surface area contributed by atoms with E-state index in [1.54, 1.807) is 0 Å². The van der Waals surface area contributed by atoms with Crippen LogP contribution in [0.1, 0.15) is 39.0 Å². The summed E-state index contributed by atoms with van der Waals surface area (Å²) in [5.74, 6) is 1.91. The summed E-state index contributed by atoms with van der Waals surface area (Å²) in [5, 5.41) is 9.71. The van der Waals surface area contributed by atoms with E-state index >= 15 is 0 Å². The topological polar surface area (TPSA) is 46.5 Å². The van der Waals surface area contributed by atoms with E-state index in [-0.39, 0.29) is 30.5 Å². The summed E-state index contributed by atoms with van der Waals surface area (Å²) >= 11 is 0. The van der Waals surface area contributed by atoms with Crippen LogP contribution in [0.5, 0.6) is 0 Å².